The Labute approximate surface area is 304 Å². The minimum absolute atomic E-state index is 0.446. The third-order valence-electron chi connectivity index (χ3n) is 10.3. The van der Waals surface area contributed by atoms with Gasteiger partial charge in [0.25, 0.3) is 0 Å². The van der Waals surface area contributed by atoms with E-state index in [9.17, 15) is 4.21 Å². The second kappa shape index (κ2) is 16.4. The number of allylic oxidation sites excluding steroid dienone is 1. The Hall–Kier alpha value is -4.21. The molecule has 268 valence electrons. The molecule has 2 aromatic heterocycles. The highest BCUT2D eigenvalue weighted by molar-refractivity contribution is 7.84. The summed E-state index contributed by atoms with van der Waals surface area (Å²) in [5.41, 5.74) is 9.81. The number of unbranched alkanes of at least 4 members (excludes halogenated alkanes) is 1. The molecule has 5 aromatic rings. The van der Waals surface area contributed by atoms with Gasteiger partial charge in [-0.2, -0.15) is 0 Å². The summed E-state index contributed by atoms with van der Waals surface area (Å²) in [5.74, 6) is 2.88. The minimum atomic E-state index is -1.20. The van der Waals surface area contributed by atoms with Gasteiger partial charge in [-0.05, 0) is 122 Å². The lowest BCUT2D eigenvalue weighted by Gasteiger charge is -2.33. The Kier molecular flexibility index (Phi) is 11.3. The number of hydrogen-bond donors (Lipinski definition) is 1. The van der Waals surface area contributed by atoms with Crippen LogP contribution in [0, 0.1) is 12.8 Å². The van der Waals surface area contributed by atoms with E-state index >= 15 is 0 Å². The minimum Gasteiger partial charge on any atom is -0.494 e. The molecule has 0 radical (unpaired) electrons. The van der Waals surface area contributed by atoms with E-state index in [1.165, 1.54) is 28.0 Å². The first-order valence-corrected chi connectivity index (χ1v) is 20.1. The van der Waals surface area contributed by atoms with Crippen LogP contribution in [-0.2, 0) is 27.8 Å². The lowest BCUT2D eigenvalue weighted by Crippen LogP contribution is -2.34. The Morgan fingerprint density at radius 1 is 1.00 bits per heavy atom. The molecule has 0 amide bonds. The Balaban J connectivity index is 1.19. The summed E-state index contributed by atoms with van der Waals surface area (Å²) in [4.78, 5) is 16.6. The van der Waals surface area contributed by atoms with Crippen molar-refractivity contribution in [2.45, 2.75) is 82.9 Å². The highest BCUT2D eigenvalue weighted by Gasteiger charge is 2.23. The molecule has 8 nitrogen and oxygen atoms in total. The van der Waals surface area contributed by atoms with Gasteiger partial charge in [0.05, 0.1) is 51.9 Å². The fourth-order valence-corrected chi connectivity index (χ4v) is 8.55. The third-order valence-corrected chi connectivity index (χ3v) is 11.6. The molecule has 4 heterocycles. The number of H-pyrrole nitrogens is 1. The maximum absolute atomic E-state index is 13.6. The van der Waals surface area contributed by atoms with Crippen LogP contribution in [0.1, 0.15) is 81.6 Å². The van der Waals surface area contributed by atoms with Crippen LogP contribution >= 0.6 is 0 Å². The number of nitrogens with one attached hydrogen (secondary N) is 1. The van der Waals surface area contributed by atoms with Crippen molar-refractivity contribution >= 4 is 39.2 Å². The zero-order valence-electron chi connectivity index (χ0n) is 30.3. The molecular formula is C42H51N5O3S. The van der Waals surface area contributed by atoms with Gasteiger partial charge in [-0.1, -0.05) is 38.5 Å². The van der Waals surface area contributed by atoms with Gasteiger partial charge in [0, 0.05) is 43.4 Å². The molecular weight excluding hydrogens is 655 g/mol. The maximum Gasteiger partial charge on any atom is 0.134 e. The van der Waals surface area contributed by atoms with E-state index in [0.717, 1.165) is 123 Å². The first kappa shape index (κ1) is 35.2. The van der Waals surface area contributed by atoms with Crippen LogP contribution in [0.5, 0.6) is 5.75 Å². The molecule has 1 saturated heterocycles. The maximum atomic E-state index is 13.6. The highest BCUT2D eigenvalue weighted by atomic mass is 32.2. The van der Waals surface area contributed by atoms with Crippen molar-refractivity contribution in [1.29, 1.82) is 0 Å². The molecule has 0 spiro atoms. The number of aryl methyl sites for hydroxylation is 2. The molecule has 7 rings (SSSR count). The molecule has 51 heavy (non-hydrogen) atoms. The molecule has 0 saturated carbocycles. The predicted octanol–water partition coefficient (Wildman–Crippen LogP) is 9.20. The quantitative estimate of drug-likeness (QED) is 0.123. The van der Waals surface area contributed by atoms with E-state index in [2.05, 4.69) is 81.8 Å². The molecule has 0 aliphatic carbocycles. The van der Waals surface area contributed by atoms with Crippen LogP contribution in [0.2, 0.25) is 0 Å². The number of benzene rings is 3. The topological polar surface area (TPSA) is 85.3 Å². The molecule has 1 atom stereocenters. The molecule has 2 aliphatic heterocycles. The Bertz CT molecular complexity index is 1990. The van der Waals surface area contributed by atoms with E-state index in [1.807, 2.05) is 31.5 Å². The standard InChI is InChI=1S/C42H51N5O3S/c1-4-6-21-50-36-12-9-32(10-13-36)33-11-16-40-35(24-33)25-34(8-7-20-46(40)27-31-17-22-49-23-18-31)42-44-38-15-14-37(26-39(38)45-42)51(48)28-41-30(3)43-29-47(41)19-5-2/h9-16,24-26,29,31H,4-8,17-23,27-28H2,1-3H3,(H,44,45)/b34-25+/t51-/m0/s1. The third kappa shape index (κ3) is 8.31. The molecule has 2 aliphatic rings. The van der Waals surface area contributed by atoms with E-state index in [4.69, 9.17) is 14.5 Å². The largest absolute Gasteiger partial charge is 0.494 e. The summed E-state index contributed by atoms with van der Waals surface area (Å²) >= 11 is 0. The summed E-state index contributed by atoms with van der Waals surface area (Å²) in [6.07, 6.45) is 11.6. The summed E-state index contributed by atoms with van der Waals surface area (Å²) < 4.78 is 27.4. The highest BCUT2D eigenvalue weighted by Crippen LogP contribution is 2.36. The fourth-order valence-electron chi connectivity index (χ4n) is 7.29. The predicted molar refractivity (Wildman–Crippen MR) is 209 cm³/mol. The number of rotatable bonds is 13. The Morgan fingerprint density at radius 3 is 2.63 bits per heavy atom. The average Bonchev–Trinajstić information content (AvgIpc) is 3.73. The molecule has 0 bridgehead atoms. The van der Waals surface area contributed by atoms with Gasteiger partial charge in [0.2, 0.25) is 0 Å². The monoisotopic (exact) mass is 705 g/mol. The molecule has 0 unspecified atom stereocenters. The summed E-state index contributed by atoms with van der Waals surface area (Å²) in [6.45, 7) is 11.7. The summed E-state index contributed by atoms with van der Waals surface area (Å²) in [6, 6.07) is 21.4. The molecule has 1 N–H and O–H groups in total. The van der Waals surface area contributed by atoms with Crippen LogP contribution in [0.25, 0.3) is 33.8 Å². The lowest BCUT2D eigenvalue weighted by atomic mass is 9.94. The van der Waals surface area contributed by atoms with Gasteiger partial charge in [0.1, 0.15) is 11.6 Å². The second-order valence-electron chi connectivity index (χ2n) is 14.0. The van der Waals surface area contributed by atoms with Gasteiger partial charge in [0.15, 0.2) is 0 Å². The average molecular weight is 706 g/mol. The van der Waals surface area contributed by atoms with Gasteiger partial charge in [-0.25, -0.2) is 9.97 Å². The van der Waals surface area contributed by atoms with E-state index < -0.39 is 10.8 Å². The summed E-state index contributed by atoms with van der Waals surface area (Å²) in [5, 5.41) is 0. The lowest BCUT2D eigenvalue weighted by molar-refractivity contribution is 0.0682. The van der Waals surface area contributed by atoms with Gasteiger partial charge in [-0.15, -0.1) is 0 Å². The number of ether oxygens (including phenoxy) is 2. The number of anilines is 1. The van der Waals surface area contributed by atoms with E-state index in [-0.39, 0.29) is 0 Å². The van der Waals surface area contributed by atoms with E-state index in [0.29, 0.717) is 11.7 Å². The van der Waals surface area contributed by atoms with Crippen LogP contribution < -0.4 is 9.64 Å². The van der Waals surface area contributed by atoms with Crippen LogP contribution in [0.3, 0.4) is 0 Å². The van der Waals surface area contributed by atoms with Crippen LogP contribution in [0.4, 0.5) is 5.69 Å². The molecule has 1 fully saturated rings. The van der Waals surface area contributed by atoms with Crippen molar-refractivity contribution in [1.82, 2.24) is 19.5 Å². The van der Waals surface area contributed by atoms with Crippen LogP contribution in [0.15, 0.2) is 71.9 Å². The molecule has 3 aromatic carbocycles. The number of imidazole rings is 2. The number of aromatic amines is 1. The molecule has 9 heteroatoms. The number of nitrogens with zero attached hydrogens (tertiary/aromatic N) is 4. The Morgan fingerprint density at radius 2 is 1.82 bits per heavy atom. The SMILES string of the molecule is CCCCOc1ccc(-c2ccc3c(c2)/C=C(/c2nc4ccc([S@@](=O)Cc5c(C)ncn5CCC)cc4[nH]2)CCCN3CC2CCOCC2)cc1. The first-order valence-electron chi connectivity index (χ1n) is 18.8. The van der Waals surface area contributed by atoms with Gasteiger partial charge in [-0.3, -0.25) is 4.21 Å². The number of aromatic nitrogens is 4. The van der Waals surface area contributed by atoms with Gasteiger partial charge >= 0.3 is 0 Å². The van der Waals surface area contributed by atoms with Crippen molar-refractivity contribution in [3.8, 4) is 16.9 Å². The van der Waals surface area contributed by atoms with Crippen molar-refractivity contribution in [3.63, 3.8) is 0 Å². The first-order chi connectivity index (χ1) is 25.0. The smallest absolute Gasteiger partial charge is 0.134 e. The van der Waals surface area contributed by atoms with E-state index in [1.54, 1.807) is 0 Å². The number of fused-ring (bicyclic) bond motifs is 2. The zero-order valence-corrected chi connectivity index (χ0v) is 31.1. The van der Waals surface area contributed by atoms with Crippen molar-refractivity contribution < 1.29 is 13.7 Å². The van der Waals surface area contributed by atoms with Crippen molar-refractivity contribution in [3.05, 3.63) is 89.8 Å². The van der Waals surface area contributed by atoms with Gasteiger partial charge < -0.3 is 23.9 Å². The van der Waals surface area contributed by atoms with Crippen molar-refractivity contribution in [2.24, 2.45) is 5.92 Å². The fraction of sp³-hybridized carbons (Fsp3) is 0.429. The van der Waals surface area contributed by atoms with Crippen molar-refractivity contribution in [2.75, 3.05) is 37.8 Å². The normalized spacial score (nSPS) is 17.1. The van der Waals surface area contributed by atoms with Crippen LogP contribution in [-0.4, -0.2) is 56.6 Å². The summed E-state index contributed by atoms with van der Waals surface area (Å²) in [7, 11) is -1.20. The second-order valence-corrected chi connectivity index (χ2v) is 15.5. The zero-order chi connectivity index (χ0) is 35.2. The number of hydrogen-bond acceptors (Lipinski definition) is 6.